The molecular formula is C22H25NO4. The molecule has 2 aromatic rings. The Bertz CT molecular complexity index is 708. The number of hydrogen-bond donors (Lipinski definition) is 1. The maximum Gasteiger partial charge on any atom is 0.329 e. The van der Waals surface area contributed by atoms with Crippen LogP contribution in [-0.2, 0) is 14.3 Å². The summed E-state index contributed by atoms with van der Waals surface area (Å²) >= 11 is 0. The molecule has 1 N–H and O–H groups in total. The number of likely N-dealkylation sites (tertiary alicyclic amines) is 1. The van der Waals surface area contributed by atoms with Crippen molar-refractivity contribution in [2.45, 2.75) is 18.8 Å². The second kappa shape index (κ2) is 9.33. The van der Waals surface area contributed by atoms with Crippen LogP contribution >= 0.6 is 0 Å². The summed E-state index contributed by atoms with van der Waals surface area (Å²) in [7, 11) is 0. The molecule has 1 atom stereocenters. The van der Waals surface area contributed by atoms with Crippen LogP contribution in [0.3, 0.4) is 0 Å². The summed E-state index contributed by atoms with van der Waals surface area (Å²) in [4.78, 5) is 24.8. The van der Waals surface area contributed by atoms with Crippen molar-refractivity contribution in [3.8, 4) is 0 Å². The Kier molecular flexibility index (Phi) is 6.60. The van der Waals surface area contributed by atoms with Crippen molar-refractivity contribution in [3.05, 3.63) is 71.8 Å². The van der Waals surface area contributed by atoms with Crippen LogP contribution in [0.25, 0.3) is 0 Å². The lowest BCUT2D eigenvalue weighted by Gasteiger charge is -2.37. The predicted molar refractivity (Wildman–Crippen MR) is 102 cm³/mol. The summed E-state index contributed by atoms with van der Waals surface area (Å²) in [5.41, 5.74) is 2.51. The van der Waals surface area contributed by atoms with Crippen molar-refractivity contribution in [2.24, 2.45) is 5.92 Å². The van der Waals surface area contributed by atoms with Gasteiger partial charge in [-0.3, -0.25) is 4.79 Å². The number of aliphatic carboxylic acids is 1. The van der Waals surface area contributed by atoms with Gasteiger partial charge in [0.1, 0.15) is 13.2 Å². The molecule has 0 radical (unpaired) electrons. The second-order valence-corrected chi connectivity index (χ2v) is 6.93. The van der Waals surface area contributed by atoms with Gasteiger partial charge < -0.3 is 14.7 Å². The van der Waals surface area contributed by atoms with E-state index >= 15 is 0 Å². The number of rotatable bonds is 7. The van der Waals surface area contributed by atoms with E-state index in [2.05, 4.69) is 48.5 Å². The minimum absolute atomic E-state index is 0.138. The molecule has 3 rings (SSSR count). The molecule has 142 valence electrons. The molecule has 1 heterocycles. The Morgan fingerprint density at radius 2 is 1.59 bits per heavy atom. The first-order valence-electron chi connectivity index (χ1n) is 9.32. The van der Waals surface area contributed by atoms with Crippen LogP contribution in [0.4, 0.5) is 0 Å². The smallest absolute Gasteiger partial charge is 0.329 e. The van der Waals surface area contributed by atoms with E-state index in [-0.39, 0.29) is 18.4 Å². The number of nitrogens with zero attached hydrogens (tertiary/aromatic N) is 1. The standard InChI is InChI=1S/C22H25NO4/c24-20(15-27-16-21(25)26)23-13-7-12-19(14-23)22(17-8-3-1-4-9-17)18-10-5-2-6-11-18/h1-6,8-11,19,22H,7,12-16H2,(H,25,26). The van der Waals surface area contributed by atoms with E-state index in [1.165, 1.54) is 11.1 Å². The molecule has 5 heteroatoms. The first-order valence-corrected chi connectivity index (χ1v) is 9.32. The highest BCUT2D eigenvalue weighted by atomic mass is 16.5. The van der Waals surface area contributed by atoms with E-state index in [1.807, 2.05) is 17.0 Å². The van der Waals surface area contributed by atoms with Gasteiger partial charge in [-0.2, -0.15) is 0 Å². The van der Waals surface area contributed by atoms with Crippen LogP contribution in [0.5, 0.6) is 0 Å². The Balaban J connectivity index is 1.75. The van der Waals surface area contributed by atoms with Crippen LogP contribution in [0, 0.1) is 5.92 Å². The highest BCUT2D eigenvalue weighted by Crippen LogP contribution is 2.37. The summed E-state index contributed by atoms with van der Waals surface area (Å²) in [6, 6.07) is 20.8. The van der Waals surface area contributed by atoms with Crippen molar-refractivity contribution in [1.29, 1.82) is 0 Å². The zero-order valence-electron chi connectivity index (χ0n) is 15.3. The highest BCUT2D eigenvalue weighted by molar-refractivity contribution is 5.78. The van der Waals surface area contributed by atoms with Crippen LogP contribution in [0.2, 0.25) is 0 Å². The topological polar surface area (TPSA) is 66.8 Å². The van der Waals surface area contributed by atoms with E-state index in [0.29, 0.717) is 19.0 Å². The number of carbonyl (C=O) groups is 2. The van der Waals surface area contributed by atoms with Gasteiger partial charge in [-0.05, 0) is 29.9 Å². The van der Waals surface area contributed by atoms with Crippen LogP contribution in [0.15, 0.2) is 60.7 Å². The number of benzene rings is 2. The fraction of sp³-hybridized carbons (Fsp3) is 0.364. The summed E-state index contributed by atoms with van der Waals surface area (Å²) in [6.45, 7) is 0.728. The largest absolute Gasteiger partial charge is 0.480 e. The fourth-order valence-corrected chi connectivity index (χ4v) is 3.88. The van der Waals surface area contributed by atoms with E-state index in [0.717, 1.165) is 12.8 Å². The normalized spacial score (nSPS) is 17.1. The first kappa shape index (κ1) is 19.1. The lowest BCUT2D eigenvalue weighted by Crippen LogP contribution is -2.43. The van der Waals surface area contributed by atoms with Gasteiger partial charge in [0.15, 0.2) is 0 Å². The lowest BCUT2D eigenvalue weighted by atomic mass is 9.77. The molecule has 5 nitrogen and oxygen atoms in total. The third kappa shape index (κ3) is 5.17. The molecule has 0 aromatic heterocycles. The van der Waals surface area contributed by atoms with Crippen LogP contribution in [0.1, 0.15) is 29.9 Å². The zero-order valence-corrected chi connectivity index (χ0v) is 15.3. The Morgan fingerprint density at radius 3 is 2.15 bits per heavy atom. The SMILES string of the molecule is O=C(O)COCC(=O)N1CCCC(C(c2ccccc2)c2ccccc2)C1. The number of carbonyl (C=O) groups excluding carboxylic acids is 1. The number of ether oxygens (including phenoxy) is 1. The average molecular weight is 367 g/mol. The zero-order chi connectivity index (χ0) is 19.1. The molecule has 1 unspecified atom stereocenters. The number of piperidine rings is 1. The monoisotopic (exact) mass is 367 g/mol. The molecule has 1 amide bonds. The number of carboxylic acids is 1. The van der Waals surface area contributed by atoms with Crippen LogP contribution in [-0.4, -0.2) is 48.2 Å². The second-order valence-electron chi connectivity index (χ2n) is 6.93. The molecule has 0 spiro atoms. The Hall–Kier alpha value is -2.66. The summed E-state index contributed by atoms with van der Waals surface area (Å²) < 4.78 is 4.98. The molecule has 1 aliphatic rings. The molecule has 0 aliphatic carbocycles. The molecule has 1 saturated heterocycles. The molecule has 1 fully saturated rings. The van der Waals surface area contributed by atoms with Crippen molar-refractivity contribution < 1.29 is 19.4 Å². The van der Waals surface area contributed by atoms with E-state index in [9.17, 15) is 9.59 Å². The summed E-state index contributed by atoms with van der Waals surface area (Å²) in [5.74, 6) is -0.664. The Labute approximate surface area is 159 Å². The average Bonchev–Trinajstić information content (AvgIpc) is 2.70. The van der Waals surface area contributed by atoms with Gasteiger partial charge in [0, 0.05) is 19.0 Å². The molecule has 1 aliphatic heterocycles. The number of hydrogen-bond acceptors (Lipinski definition) is 3. The van der Waals surface area contributed by atoms with Crippen LogP contribution < -0.4 is 0 Å². The lowest BCUT2D eigenvalue weighted by molar-refractivity contribution is -0.146. The van der Waals surface area contributed by atoms with Gasteiger partial charge >= 0.3 is 5.97 Å². The van der Waals surface area contributed by atoms with E-state index in [1.54, 1.807) is 0 Å². The van der Waals surface area contributed by atoms with Gasteiger partial charge in [0.25, 0.3) is 0 Å². The van der Waals surface area contributed by atoms with Gasteiger partial charge in [-0.15, -0.1) is 0 Å². The Morgan fingerprint density at radius 1 is 1.00 bits per heavy atom. The fourth-order valence-electron chi connectivity index (χ4n) is 3.88. The van der Waals surface area contributed by atoms with Gasteiger partial charge in [-0.1, -0.05) is 60.7 Å². The molecular weight excluding hydrogens is 342 g/mol. The summed E-state index contributed by atoms with van der Waals surface area (Å²) in [5, 5.41) is 8.65. The van der Waals surface area contributed by atoms with Crippen molar-refractivity contribution in [3.63, 3.8) is 0 Å². The number of carboxylic acid groups (broad SMARTS) is 1. The minimum atomic E-state index is -1.06. The minimum Gasteiger partial charge on any atom is -0.480 e. The van der Waals surface area contributed by atoms with Gasteiger partial charge in [0.2, 0.25) is 5.91 Å². The third-order valence-corrected chi connectivity index (χ3v) is 5.05. The van der Waals surface area contributed by atoms with Crippen molar-refractivity contribution >= 4 is 11.9 Å². The maximum absolute atomic E-state index is 12.4. The highest BCUT2D eigenvalue weighted by Gasteiger charge is 2.31. The number of amides is 1. The predicted octanol–water partition coefficient (Wildman–Crippen LogP) is 3.16. The molecule has 2 aromatic carbocycles. The molecule has 0 bridgehead atoms. The quantitative estimate of drug-likeness (QED) is 0.816. The van der Waals surface area contributed by atoms with E-state index in [4.69, 9.17) is 9.84 Å². The van der Waals surface area contributed by atoms with Crippen molar-refractivity contribution in [1.82, 2.24) is 4.90 Å². The molecule has 27 heavy (non-hydrogen) atoms. The van der Waals surface area contributed by atoms with Gasteiger partial charge in [0.05, 0.1) is 0 Å². The van der Waals surface area contributed by atoms with Gasteiger partial charge in [-0.25, -0.2) is 4.79 Å². The summed E-state index contributed by atoms with van der Waals surface area (Å²) in [6.07, 6.45) is 1.99. The molecule has 0 saturated carbocycles. The van der Waals surface area contributed by atoms with Crippen molar-refractivity contribution in [2.75, 3.05) is 26.3 Å². The van der Waals surface area contributed by atoms with E-state index < -0.39 is 12.6 Å². The first-order chi connectivity index (χ1) is 13.1. The maximum atomic E-state index is 12.4. The third-order valence-electron chi connectivity index (χ3n) is 5.05.